The van der Waals surface area contributed by atoms with Gasteiger partial charge in [0, 0.05) is 41.4 Å². The van der Waals surface area contributed by atoms with Gasteiger partial charge in [-0.1, -0.05) is 29.8 Å². The second-order valence-electron chi connectivity index (χ2n) is 8.82. The molecule has 8 heteroatoms. The lowest BCUT2D eigenvalue weighted by Crippen LogP contribution is -2.36. The molecule has 36 heavy (non-hydrogen) atoms. The lowest BCUT2D eigenvalue weighted by molar-refractivity contribution is -0.140. The summed E-state index contributed by atoms with van der Waals surface area (Å²) in [5.41, 5.74) is 4.21. The maximum atomic E-state index is 13.7. The lowest BCUT2D eigenvalue weighted by atomic mass is 9.71. The van der Waals surface area contributed by atoms with E-state index in [1.165, 1.54) is 0 Å². The first-order valence-electron chi connectivity index (χ1n) is 11.7. The molecule has 1 N–H and O–H groups in total. The molecule has 0 radical (unpaired) electrons. The fourth-order valence-electron chi connectivity index (χ4n) is 4.97. The zero-order valence-electron chi connectivity index (χ0n) is 20.9. The number of hydrogen-bond donors (Lipinski definition) is 1. The lowest BCUT2D eigenvalue weighted by Gasteiger charge is -2.36. The molecule has 0 bridgehead atoms. The number of carbonyl (C=O) groups is 2. The van der Waals surface area contributed by atoms with Crippen molar-refractivity contribution in [1.29, 1.82) is 0 Å². The highest BCUT2D eigenvalue weighted by Crippen LogP contribution is 2.46. The molecule has 1 heterocycles. The highest BCUT2D eigenvalue weighted by molar-refractivity contribution is 6.30. The minimum atomic E-state index is -0.575. The molecular formula is C28H30ClNO6. The molecule has 0 unspecified atom stereocenters. The maximum absolute atomic E-state index is 13.7. The zero-order valence-corrected chi connectivity index (χ0v) is 21.6. The smallest absolute Gasteiger partial charge is 0.336 e. The van der Waals surface area contributed by atoms with Crippen LogP contribution in [0.4, 0.5) is 0 Å². The van der Waals surface area contributed by atoms with Crippen LogP contribution in [0.1, 0.15) is 42.7 Å². The number of dihydropyridines is 1. The number of allylic oxidation sites excluding steroid dienone is 3. The van der Waals surface area contributed by atoms with Crippen molar-refractivity contribution < 1.29 is 28.5 Å². The predicted molar refractivity (Wildman–Crippen MR) is 136 cm³/mol. The summed E-state index contributed by atoms with van der Waals surface area (Å²) in [6.45, 7) is 2.24. The van der Waals surface area contributed by atoms with Crippen LogP contribution >= 0.6 is 11.6 Å². The van der Waals surface area contributed by atoms with E-state index in [-0.39, 0.29) is 24.9 Å². The van der Waals surface area contributed by atoms with Gasteiger partial charge in [0.2, 0.25) is 0 Å². The molecule has 190 valence electrons. The Morgan fingerprint density at radius 1 is 1.00 bits per heavy atom. The van der Waals surface area contributed by atoms with Gasteiger partial charge < -0.3 is 24.3 Å². The van der Waals surface area contributed by atoms with E-state index in [4.69, 9.17) is 30.5 Å². The number of hydrogen-bond acceptors (Lipinski definition) is 7. The minimum Gasteiger partial charge on any atom is -0.493 e. The number of benzene rings is 2. The van der Waals surface area contributed by atoms with Gasteiger partial charge in [0.25, 0.3) is 0 Å². The van der Waals surface area contributed by atoms with Gasteiger partial charge in [-0.3, -0.25) is 4.79 Å². The van der Waals surface area contributed by atoms with Crippen LogP contribution < -0.4 is 14.8 Å². The fourth-order valence-corrected chi connectivity index (χ4v) is 5.17. The number of rotatable bonds is 8. The van der Waals surface area contributed by atoms with E-state index < -0.39 is 11.9 Å². The molecule has 0 spiro atoms. The van der Waals surface area contributed by atoms with E-state index in [1.54, 1.807) is 33.5 Å². The third kappa shape index (κ3) is 5.13. The largest absolute Gasteiger partial charge is 0.493 e. The Balaban J connectivity index is 1.74. The third-order valence-corrected chi connectivity index (χ3v) is 6.86. The normalized spacial score (nSPS) is 19.5. The Bertz CT molecular complexity index is 1230. The van der Waals surface area contributed by atoms with E-state index in [9.17, 15) is 9.59 Å². The fraction of sp³-hybridized carbons (Fsp3) is 0.357. The number of ketones is 1. The summed E-state index contributed by atoms with van der Waals surface area (Å²) < 4.78 is 21.3. The van der Waals surface area contributed by atoms with Crippen LogP contribution in [-0.2, 0) is 19.1 Å². The molecule has 1 aliphatic carbocycles. The monoisotopic (exact) mass is 511 g/mol. The highest BCUT2D eigenvalue weighted by atomic mass is 35.5. The van der Waals surface area contributed by atoms with Crippen molar-refractivity contribution in [3.63, 3.8) is 0 Å². The number of methoxy groups -OCH3 is 3. The molecule has 0 saturated carbocycles. The van der Waals surface area contributed by atoms with Crippen LogP contribution in [-0.4, -0.2) is 46.3 Å². The molecule has 0 aromatic heterocycles. The maximum Gasteiger partial charge on any atom is 0.336 e. The number of Topliss-reactive ketones (excluding diaryl/α,β-unsaturated/α-hetero) is 1. The summed E-state index contributed by atoms with van der Waals surface area (Å²) in [6, 6.07) is 13.0. The molecule has 4 rings (SSSR count). The number of nitrogens with one attached hydrogen (secondary N) is 1. The van der Waals surface area contributed by atoms with Crippen LogP contribution in [0, 0.1) is 0 Å². The standard InChI is InChI=1S/C28H30ClNO6/c1-16-25(28(32)36-11-10-33-2)26(18-6-5-7-20(29)12-18)27-21(30-16)13-19(14-22(27)31)17-8-9-23(34-3)24(15-17)35-4/h5-9,12,15,19,26,30H,10-11,13-14H2,1-4H3/t19-,26-/m1/s1. The molecular weight excluding hydrogens is 482 g/mol. The summed E-state index contributed by atoms with van der Waals surface area (Å²) in [6.07, 6.45) is 0.912. The van der Waals surface area contributed by atoms with Crippen LogP contribution in [0.15, 0.2) is 65.0 Å². The SMILES string of the molecule is COCCOC(=O)C1=C(C)NC2=C(C(=O)C[C@H](c3ccc(OC)c(OC)c3)C2)[C@@H]1c1cccc(Cl)c1. The molecule has 2 aromatic carbocycles. The highest BCUT2D eigenvalue weighted by Gasteiger charge is 2.41. The molecule has 2 aromatic rings. The van der Waals surface area contributed by atoms with Crippen molar-refractivity contribution in [2.75, 3.05) is 34.5 Å². The van der Waals surface area contributed by atoms with Crippen molar-refractivity contribution in [2.24, 2.45) is 0 Å². The van der Waals surface area contributed by atoms with Crippen molar-refractivity contribution >= 4 is 23.4 Å². The molecule has 1 aliphatic heterocycles. The molecule has 0 saturated heterocycles. The van der Waals surface area contributed by atoms with E-state index >= 15 is 0 Å². The van der Waals surface area contributed by atoms with E-state index in [0.29, 0.717) is 46.2 Å². The van der Waals surface area contributed by atoms with Crippen molar-refractivity contribution in [2.45, 2.75) is 31.6 Å². The Labute approximate surface area is 216 Å². The Morgan fingerprint density at radius 3 is 2.47 bits per heavy atom. The summed E-state index contributed by atoms with van der Waals surface area (Å²) in [5.74, 6) is 0.121. The van der Waals surface area contributed by atoms with Crippen LogP contribution in [0.2, 0.25) is 5.02 Å². The molecule has 2 aliphatic rings. The van der Waals surface area contributed by atoms with Crippen molar-refractivity contribution in [3.05, 3.63) is 81.2 Å². The van der Waals surface area contributed by atoms with E-state index in [1.807, 2.05) is 37.3 Å². The second kappa shape index (κ2) is 11.2. The first-order valence-corrected chi connectivity index (χ1v) is 12.1. The van der Waals surface area contributed by atoms with Gasteiger partial charge in [-0.2, -0.15) is 0 Å². The first kappa shape index (κ1) is 25.8. The Kier molecular flexibility index (Phi) is 8.01. The van der Waals surface area contributed by atoms with Gasteiger partial charge in [-0.15, -0.1) is 0 Å². The molecule has 0 fully saturated rings. The summed E-state index contributed by atoms with van der Waals surface area (Å²) in [7, 11) is 4.73. The third-order valence-electron chi connectivity index (χ3n) is 6.63. The second-order valence-corrected chi connectivity index (χ2v) is 9.25. The van der Waals surface area contributed by atoms with E-state index in [2.05, 4.69) is 5.32 Å². The van der Waals surface area contributed by atoms with Gasteiger partial charge in [0.1, 0.15) is 6.61 Å². The average Bonchev–Trinajstić information content (AvgIpc) is 2.87. The number of carbonyl (C=O) groups excluding carboxylic acids is 2. The first-order chi connectivity index (χ1) is 17.4. The van der Waals surface area contributed by atoms with Crippen molar-refractivity contribution in [3.8, 4) is 11.5 Å². The molecule has 2 atom stereocenters. The summed E-state index contributed by atoms with van der Waals surface area (Å²) >= 11 is 6.31. The van der Waals surface area contributed by atoms with Gasteiger partial charge in [-0.25, -0.2) is 4.79 Å². The van der Waals surface area contributed by atoms with Crippen LogP contribution in [0.5, 0.6) is 11.5 Å². The van der Waals surface area contributed by atoms with Crippen molar-refractivity contribution in [1.82, 2.24) is 5.32 Å². The van der Waals surface area contributed by atoms with Gasteiger partial charge in [0.15, 0.2) is 17.3 Å². The number of ether oxygens (including phenoxy) is 4. The number of halogens is 1. The van der Waals surface area contributed by atoms with Gasteiger partial charge >= 0.3 is 5.97 Å². The predicted octanol–water partition coefficient (Wildman–Crippen LogP) is 4.91. The average molecular weight is 512 g/mol. The van der Waals surface area contributed by atoms with Crippen LogP contribution in [0.3, 0.4) is 0 Å². The zero-order chi connectivity index (χ0) is 25.8. The van der Waals surface area contributed by atoms with E-state index in [0.717, 1.165) is 16.8 Å². The molecule has 0 amide bonds. The minimum absolute atomic E-state index is 0.0248. The van der Waals surface area contributed by atoms with Gasteiger partial charge in [0.05, 0.1) is 26.4 Å². The molecule has 7 nitrogen and oxygen atoms in total. The van der Waals surface area contributed by atoms with Crippen LogP contribution in [0.25, 0.3) is 0 Å². The number of esters is 1. The topological polar surface area (TPSA) is 83.1 Å². The summed E-state index contributed by atoms with van der Waals surface area (Å²) in [4.78, 5) is 26.9. The summed E-state index contributed by atoms with van der Waals surface area (Å²) in [5, 5.41) is 3.88. The Hall–Kier alpha value is -3.29. The Morgan fingerprint density at radius 2 is 1.78 bits per heavy atom. The quantitative estimate of drug-likeness (QED) is 0.398. The van der Waals surface area contributed by atoms with Gasteiger partial charge in [-0.05, 0) is 54.7 Å².